The number of fused-ring (bicyclic) bond motifs is 3. The third kappa shape index (κ3) is 1.44. The largest absolute Gasteiger partial charge is 0.294 e. The number of thiazole rings is 1. The quantitative estimate of drug-likeness (QED) is 0.650. The lowest BCUT2D eigenvalue weighted by molar-refractivity contribution is 0.888. The molecule has 18 heavy (non-hydrogen) atoms. The van der Waals surface area contributed by atoms with Crippen LogP contribution < -0.4 is 0 Å². The Kier molecular flexibility index (Phi) is 2.26. The Hall–Kier alpha value is -1.32. The molecule has 0 saturated heterocycles. The van der Waals surface area contributed by atoms with Crippen molar-refractivity contribution in [1.29, 1.82) is 0 Å². The molecule has 0 fully saturated rings. The SMILES string of the molecule is Clc1ccccc1-c1cn2c3c(sc2n1)CCC3. The summed E-state index contributed by atoms with van der Waals surface area (Å²) in [5.74, 6) is 0. The molecule has 0 amide bonds. The van der Waals surface area contributed by atoms with Crippen molar-refractivity contribution in [2.75, 3.05) is 0 Å². The van der Waals surface area contributed by atoms with Gasteiger partial charge in [0.05, 0.1) is 10.7 Å². The van der Waals surface area contributed by atoms with Crippen molar-refractivity contribution in [3.63, 3.8) is 0 Å². The number of hydrogen-bond acceptors (Lipinski definition) is 2. The maximum atomic E-state index is 6.22. The molecule has 1 aliphatic carbocycles. The van der Waals surface area contributed by atoms with Crippen LogP contribution in [0.2, 0.25) is 5.02 Å². The third-order valence-electron chi connectivity index (χ3n) is 3.47. The van der Waals surface area contributed by atoms with E-state index in [1.807, 2.05) is 35.6 Å². The fourth-order valence-electron chi connectivity index (χ4n) is 2.60. The highest BCUT2D eigenvalue weighted by Crippen LogP contribution is 2.34. The van der Waals surface area contributed by atoms with Crippen LogP contribution in [-0.4, -0.2) is 9.38 Å². The van der Waals surface area contributed by atoms with E-state index in [1.54, 1.807) is 0 Å². The predicted molar refractivity (Wildman–Crippen MR) is 75.5 cm³/mol. The molecule has 0 atom stereocenters. The summed E-state index contributed by atoms with van der Waals surface area (Å²) in [5, 5.41) is 0.764. The highest BCUT2D eigenvalue weighted by atomic mass is 35.5. The second kappa shape index (κ2) is 3.84. The first-order valence-electron chi connectivity index (χ1n) is 6.07. The fraction of sp³-hybridized carbons (Fsp3) is 0.214. The van der Waals surface area contributed by atoms with E-state index in [9.17, 15) is 0 Å². The zero-order valence-corrected chi connectivity index (χ0v) is 11.3. The molecular weight excluding hydrogens is 264 g/mol. The van der Waals surface area contributed by atoms with Crippen molar-refractivity contribution in [2.45, 2.75) is 19.3 Å². The van der Waals surface area contributed by atoms with Gasteiger partial charge in [0.25, 0.3) is 0 Å². The van der Waals surface area contributed by atoms with Gasteiger partial charge in [-0.2, -0.15) is 0 Å². The Balaban J connectivity index is 1.92. The molecule has 0 radical (unpaired) electrons. The van der Waals surface area contributed by atoms with Gasteiger partial charge in [-0.05, 0) is 25.3 Å². The van der Waals surface area contributed by atoms with Crippen LogP contribution in [0.4, 0.5) is 0 Å². The standard InChI is InChI=1S/C14H11ClN2S/c15-10-5-2-1-4-9(10)11-8-17-12-6-3-7-13(12)18-14(17)16-11/h1-2,4-5,8H,3,6-7H2. The normalized spacial score (nSPS) is 14.3. The van der Waals surface area contributed by atoms with E-state index in [0.717, 1.165) is 21.2 Å². The topological polar surface area (TPSA) is 17.3 Å². The maximum Gasteiger partial charge on any atom is 0.194 e. The molecule has 4 heteroatoms. The predicted octanol–water partition coefficient (Wildman–Crippen LogP) is 4.20. The van der Waals surface area contributed by atoms with Crippen LogP contribution in [0.25, 0.3) is 16.2 Å². The first-order chi connectivity index (χ1) is 8.83. The lowest BCUT2D eigenvalue weighted by Crippen LogP contribution is -1.85. The van der Waals surface area contributed by atoms with Gasteiger partial charge in [-0.1, -0.05) is 29.8 Å². The summed E-state index contributed by atoms with van der Waals surface area (Å²) in [5.41, 5.74) is 3.43. The second-order valence-electron chi connectivity index (χ2n) is 4.58. The van der Waals surface area contributed by atoms with Crippen molar-refractivity contribution >= 4 is 27.9 Å². The van der Waals surface area contributed by atoms with E-state index in [0.29, 0.717) is 0 Å². The van der Waals surface area contributed by atoms with Gasteiger partial charge in [0, 0.05) is 22.3 Å². The lowest BCUT2D eigenvalue weighted by Gasteiger charge is -1.98. The van der Waals surface area contributed by atoms with E-state index >= 15 is 0 Å². The number of halogens is 1. The van der Waals surface area contributed by atoms with Crippen molar-refractivity contribution < 1.29 is 0 Å². The van der Waals surface area contributed by atoms with Crippen molar-refractivity contribution in [1.82, 2.24) is 9.38 Å². The molecular formula is C14H11ClN2S. The summed E-state index contributed by atoms with van der Waals surface area (Å²) in [6, 6.07) is 7.88. The van der Waals surface area contributed by atoms with Crippen LogP contribution in [0.3, 0.4) is 0 Å². The summed E-state index contributed by atoms with van der Waals surface area (Å²) in [7, 11) is 0. The molecule has 2 aromatic heterocycles. The number of nitrogens with zero attached hydrogens (tertiary/aromatic N) is 2. The van der Waals surface area contributed by atoms with Crippen molar-refractivity contribution in [3.8, 4) is 11.3 Å². The summed E-state index contributed by atoms with van der Waals surface area (Å²) in [6.07, 6.45) is 5.78. The van der Waals surface area contributed by atoms with Crippen LogP contribution >= 0.6 is 22.9 Å². The van der Waals surface area contributed by atoms with Gasteiger partial charge >= 0.3 is 0 Å². The second-order valence-corrected chi connectivity index (χ2v) is 6.05. The molecule has 3 aromatic rings. The lowest BCUT2D eigenvalue weighted by atomic mass is 10.2. The highest BCUT2D eigenvalue weighted by molar-refractivity contribution is 7.17. The minimum absolute atomic E-state index is 0.764. The van der Waals surface area contributed by atoms with Crippen LogP contribution in [0.5, 0.6) is 0 Å². The molecule has 4 rings (SSSR count). The van der Waals surface area contributed by atoms with Crippen molar-refractivity contribution in [3.05, 3.63) is 46.1 Å². The number of benzene rings is 1. The number of aryl methyl sites for hydroxylation is 2. The minimum Gasteiger partial charge on any atom is -0.294 e. The van der Waals surface area contributed by atoms with Crippen LogP contribution in [-0.2, 0) is 12.8 Å². The van der Waals surface area contributed by atoms with Crippen LogP contribution in [0, 0.1) is 0 Å². The zero-order valence-electron chi connectivity index (χ0n) is 9.69. The van der Waals surface area contributed by atoms with Gasteiger partial charge in [-0.25, -0.2) is 4.98 Å². The van der Waals surface area contributed by atoms with Gasteiger partial charge in [0.15, 0.2) is 4.96 Å². The van der Waals surface area contributed by atoms with E-state index in [2.05, 4.69) is 10.6 Å². The Morgan fingerprint density at radius 3 is 3.00 bits per heavy atom. The summed E-state index contributed by atoms with van der Waals surface area (Å²) in [4.78, 5) is 7.30. The molecule has 1 aromatic carbocycles. The Morgan fingerprint density at radius 1 is 1.22 bits per heavy atom. The molecule has 2 nitrogen and oxygen atoms in total. The van der Waals surface area contributed by atoms with Crippen LogP contribution in [0.1, 0.15) is 17.0 Å². The number of imidazole rings is 1. The number of hydrogen-bond donors (Lipinski definition) is 0. The average Bonchev–Trinajstić information content (AvgIpc) is 3.00. The van der Waals surface area contributed by atoms with E-state index in [1.165, 1.54) is 29.8 Å². The minimum atomic E-state index is 0.764. The molecule has 90 valence electrons. The van der Waals surface area contributed by atoms with Crippen molar-refractivity contribution in [2.24, 2.45) is 0 Å². The van der Waals surface area contributed by atoms with Gasteiger partial charge in [-0.15, -0.1) is 11.3 Å². The van der Waals surface area contributed by atoms with Crippen LogP contribution in [0.15, 0.2) is 30.5 Å². The summed E-state index contributed by atoms with van der Waals surface area (Å²) < 4.78 is 2.24. The molecule has 2 heterocycles. The molecule has 1 aliphatic rings. The maximum absolute atomic E-state index is 6.22. The average molecular weight is 275 g/mol. The first kappa shape index (κ1) is 10.6. The van der Waals surface area contributed by atoms with Gasteiger partial charge < -0.3 is 0 Å². The fourth-order valence-corrected chi connectivity index (χ4v) is 4.03. The smallest absolute Gasteiger partial charge is 0.194 e. The molecule has 0 bridgehead atoms. The third-order valence-corrected chi connectivity index (χ3v) is 4.95. The number of aromatic nitrogens is 2. The molecule has 0 N–H and O–H groups in total. The van der Waals surface area contributed by atoms with Gasteiger partial charge in [0.1, 0.15) is 0 Å². The molecule has 0 unspecified atom stereocenters. The highest BCUT2D eigenvalue weighted by Gasteiger charge is 2.19. The zero-order chi connectivity index (χ0) is 12.1. The molecule has 0 aliphatic heterocycles. The Morgan fingerprint density at radius 2 is 2.11 bits per heavy atom. The van der Waals surface area contributed by atoms with E-state index in [4.69, 9.17) is 16.6 Å². The number of rotatable bonds is 1. The van der Waals surface area contributed by atoms with E-state index < -0.39 is 0 Å². The van der Waals surface area contributed by atoms with E-state index in [-0.39, 0.29) is 0 Å². The summed E-state index contributed by atoms with van der Waals surface area (Å²) in [6.45, 7) is 0. The molecule has 0 saturated carbocycles. The van der Waals surface area contributed by atoms with Gasteiger partial charge in [0.2, 0.25) is 0 Å². The monoisotopic (exact) mass is 274 g/mol. The summed E-state index contributed by atoms with van der Waals surface area (Å²) >= 11 is 8.04. The first-order valence-corrected chi connectivity index (χ1v) is 7.27. The Bertz CT molecular complexity index is 741. The molecule has 0 spiro atoms. The Labute approximate surface area is 114 Å². The van der Waals surface area contributed by atoms with Gasteiger partial charge in [-0.3, -0.25) is 4.40 Å².